The fourth-order valence-corrected chi connectivity index (χ4v) is 2.55. The lowest BCUT2D eigenvalue weighted by Crippen LogP contribution is -2.54. The molecule has 0 saturated carbocycles. The minimum absolute atomic E-state index is 0.187. The summed E-state index contributed by atoms with van der Waals surface area (Å²) in [4.78, 5) is 13.7. The number of ether oxygens (including phenoxy) is 1. The number of piperidine rings is 1. The van der Waals surface area contributed by atoms with E-state index in [0.29, 0.717) is 10.8 Å². The normalized spacial score (nSPS) is 18.2. The average Bonchev–Trinajstić information content (AvgIpc) is 2.46. The fourth-order valence-electron chi connectivity index (χ4n) is 2.38. The summed E-state index contributed by atoms with van der Waals surface area (Å²) >= 11 is 5.85. The third-order valence-electron chi connectivity index (χ3n) is 3.80. The molecule has 8 heteroatoms. The molecule has 1 N–H and O–H groups in total. The maximum absolute atomic E-state index is 12.8. The molecule has 122 valence electrons. The molecular weight excluding hydrogens is 323 g/mol. The molecule has 0 spiro atoms. The molecule has 1 aliphatic rings. The number of aliphatic hydroxyl groups is 1. The van der Waals surface area contributed by atoms with Crippen LogP contribution in [0.15, 0.2) is 18.2 Å². The molecule has 1 saturated heterocycles. The summed E-state index contributed by atoms with van der Waals surface area (Å²) in [6.45, 7) is -0.380. The number of methoxy groups -OCH3 is 1. The molecule has 2 rings (SSSR count). The highest BCUT2D eigenvalue weighted by molar-refractivity contribution is 6.31. The van der Waals surface area contributed by atoms with E-state index < -0.39 is 30.5 Å². The molecule has 4 nitrogen and oxygen atoms in total. The van der Waals surface area contributed by atoms with Crippen LogP contribution in [0.2, 0.25) is 5.02 Å². The number of alkyl halides is 3. The van der Waals surface area contributed by atoms with Crippen LogP contribution in [0.5, 0.6) is 5.75 Å². The third-order valence-corrected chi connectivity index (χ3v) is 4.03. The lowest BCUT2D eigenvalue weighted by Gasteiger charge is -2.39. The van der Waals surface area contributed by atoms with Crippen LogP contribution in [0.1, 0.15) is 23.2 Å². The first kappa shape index (κ1) is 16.9. The van der Waals surface area contributed by atoms with Gasteiger partial charge in [-0.1, -0.05) is 11.6 Å². The van der Waals surface area contributed by atoms with Crippen molar-refractivity contribution < 1.29 is 27.8 Å². The van der Waals surface area contributed by atoms with Crippen molar-refractivity contribution in [1.82, 2.24) is 4.90 Å². The molecule has 0 unspecified atom stereocenters. The molecule has 1 aliphatic heterocycles. The molecule has 0 radical (unpaired) electrons. The summed E-state index contributed by atoms with van der Waals surface area (Å²) in [6.07, 6.45) is -5.80. The van der Waals surface area contributed by atoms with E-state index in [0.717, 1.165) is 0 Å². The van der Waals surface area contributed by atoms with Gasteiger partial charge >= 0.3 is 6.18 Å². The Labute approximate surface area is 130 Å². The summed E-state index contributed by atoms with van der Waals surface area (Å²) in [5.41, 5.74) is -2.55. The Morgan fingerprint density at radius 3 is 2.45 bits per heavy atom. The van der Waals surface area contributed by atoms with E-state index in [1.54, 1.807) is 6.07 Å². The van der Waals surface area contributed by atoms with E-state index in [1.807, 2.05) is 0 Å². The van der Waals surface area contributed by atoms with Crippen molar-refractivity contribution in [3.63, 3.8) is 0 Å². The molecule has 1 heterocycles. The molecule has 0 bridgehead atoms. The molecule has 1 fully saturated rings. The monoisotopic (exact) mass is 337 g/mol. The standard InChI is InChI=1S/C14H15ClF3NO3/c1-22-11-3-2-9(15)8-10(11)12(20)19-6-4-13(21,5-7-19)14(16,17)18/h2-3,8,21H,4-7H2,1H3. The number of benzene rings is 1. The third kappa shape index (κ3) is 3.15. The Kier molecular flexibility index (Phi) is 4.58. The van der Waals surface area contributed by atoms with E-state index in [9.17, 15) is 23.1 Å². The van der Waals surface area contributed by atoms with Gasteiger partial charge in [0.25, 0.3) is 5.91 Å². The van der Waals surface area contributed by atoms with Crippen LogP contribution in [0.4, 0.5) is 13.2 Å². The topological polar surface area (TPSA) is 49.8 Å². The molecule has 0 atom stereocenters. The van der Waals surface area contributed by atoms with Crippen LogP contribution in [-0.4, -0.2) is 47.9 Å². The quantitative estimate of drug-likeness (QED) is 0.902. The lowest BCUT2D eigenvalue weighted by atomic mass is 9.90. The van der Waals surface area contributed by atoms with Gasteiger partial charge in [-0.25, -0.2) is 0 Å². The zero-order valence-electron chi connectivity index (χ0n) is 11.8. The minimum Gasteiger partial charge on any atom is -0.496 e. The van der Waals surface area contributed by atoms with Crippen molar-refractivity contribution in [2.45, 2.75) is 24.6 Å². The number of carbonyl (C=O) groups is 1. The SMILES string of the molecule is COc1ccc(Cl)cc1C(=O)N1CCC(O)(C(F)(F)F)CC1. The number of halogens is 4. The van der Waals surface area contributed by atoms with Gasteiger partial charge in [-0.2, -0.15) is 13.2 Å². The lowest BCUT2D eigenvalue weighted by molar-refractivity contribution is -0.271. The largest absolute Gasteiger partial charge is 0.496 e. The molecular formula is C14H15ClF3NO3. The van der Waals surface area contributed by atoms with E-state index in [1.165, 1.54) is 24.1 Å². The van der Waals surface area contributed by atoms with E-state index in [-0.39, 0.29) is 18.7 Å². The van der Waals surface area contributed by atoms with Crippen molar-refractivity contribution in [2.24, 2.45) is 0 Å². The molecule has 1 aromatic rings. The molecule has 1 amide bonds. The maximum Gasteiger partial charge on any atom is 0.417 e. The van der Waals surface area contributed by atoms with Gasteiger partial charge in [-0.3, -0.25) is 4.79 Å². The van der Waals surface area contributed by atoms with Crippen molar-refractivity contribution >= 4 is 17.5 Å². The Morgan fingerprint density at radius 2 is 1.95 bits per heavy atom. The Morgan fingerprint density at radius 1 is 1.36 bits per heavy atom. The highest BCUT2D eigenvalue weighted by atomic mass is 35.5. The number of likely N-dealkylation sites (tertiary alicyclic amines) is 1. The van der Waals surface area contributed by atoms with Crippen LogP contribution < -0.4 is 4.74 Å². The van der Waals surface area contributed by atoms with Gasteiger partial charge in [-0.15, -0.1) is 0 Å². The zero-order valence-corrected chi connectivity index (χ0v) is 12.5. The van der Waals surface area contributed by atoms with Crippen molar-refractivity contribution in [2.75, 3.05) is 20.2 Å². The van der Waals surface area contributed by atoms with Crippen LogP contribution in [0, 0.1) is 0 Å². The molecule has 22 heavy (non-hydrogen) atoms. The predicted molar refractivity (Wildman–Crippen MR) is 74.1 cm³/mol. The van der Waals surface area contributed by atoms with E-state index >= 15 is 0 Å². The average molecular weight is 338 g/mol. The first-order valence-electron chi connectivity index (χ1n) is 6.60. The predicted octanol–water partition coefficient (Wildman–Crippen LogP) is 2.88. The Bertz CT molecular complexity index is 569. The van der Waals surface area contributed by atoms with Gasteiger partial charge < -0.3 is 14.7 Å². The summed E-state index contributed by atoms with van der Waals surface area (Å²) < 4.78 is 43.3. The van der Waals surface area contributed by atoms with Gasteiger partial charge in [-0.05, 0) is 18.2 Å². The summed E-state index contributed by atoms with van der Waals surface area (Å²) in [5.74, 6) is -0.172. The minimum atomic E-state index is -4.70. The number of carbonyl (C=O) groups excluding carboxylic acids is 1. The fraction of sp³-hybridized carbons (Fsp3) is 0.500. The summed E-state index contributed by atoms with van der Waals surface area (Å²) in [6, 6.07) is 4.48. The maximum atomic E-state index is 12.8. The second-order valence-corrected chi connectivity index (χ2v) is 5.60. The van der Waals surface area contributed by atoms with Crippen LogP contribution in [-0.2, 0) is 0 Å². The summed E-state index contributed by atoms with van der Waals surface area (Å²) in [7, 11) is 1.39. The van der Waals surface area contributed by atoms with Gasteiger partial charge in [0, 0.05) is 31.0 Å². The van der Waals surface area contributed by atoms with Gasteiger partial charge in [0.2, 0.25) is 0 Å². The highest BCUT2D eigenvalue weighted by Crippen LogP contribution is 2.38. The van der Waals surface area contributed by atoms with Crippen LogP contribution >= 0.6 is 11.6 Å². The number of nitrogens with zero attached hydrogens (tertiary/aromatic N) is 1. The molecule has 1 aromatic carbocycles. The van der Waals surface area contributed by atoms with Crippen molar-refractivity contribution in [3.8, 4) is 5.75 Å². The number of hydrogen-bond acceptors (Lipinski definition) is 3. The molecule has 0 aromatic heterocycles. The first-order chi connectivity index (χ1) is 10.2. The second kappa shape index (κ2) is 5.96. The molecule has 0 aliphatic carbocycles. The van der Waals surface area contributed by atoms with E-state index in [4.69, 9.17) is 16.3 Å². The number of rotatable bonds is 2. The smallest absolute Gasteiger partial charge is 0.417 e. The Balaban J connectivity index is 2.15. The highest BCUT2D eigenvalue weighted by Gasteiger charge is 2.54. The first-order valence-corrected chi connectivity index (χ1v) is 6.98. The second-order valence-electron chi connectivity index (χ2n) is 5.17. The zero-order chi connectivity index (χ0) is 16.5. The van der Waals surface area contributed by atoms with E-state index in [2.05, 4.69) is 0 Å². The number of hydrogen-bond donors (Lipinski definition) is 1. The van der Waals surface area contributed by atoms with Crippen LogP contribution in [0.3, 0.4) is 0 Å². The van der Waals surface area contributed by atoms with Crippen molar-refractivity contribution in [3.05, 3.63) is 28.8 Å². The van der Waals surface area contributed by atoms with Crippen molar-refractivity contribution in [1.29, 1.82) is 0 Å². The number of amides is 1. The van der Waals surface area contributed by atoms with Crippen LogP contribution in [0.25, 0.3) is 0 Å². The Hall–Kier alpha value is -1.47. The van der Waals surface area contributed by atoms with Gasteiger partial charge in [0.1, 0.15) is 5.75 Å². The van der Waals surface area contributed by atoms with Gasteiger partial charge in [0.05, 0.1) is 12.7 Å². The summed E-state index contributed by atoms with van der Waals surface area (Å²) in [5, 5.41) is 9.94. The van der Waals surface area contributed by atoms with Gasteiger partial charge in [0.15, 0.2) is 5.60 Å².